The lowest BCUT2D eigenvalue weighted by Gasteiger charge is -2.29. The molecule has 0 atom stereocenters. The molecule has 0 aliphatic carbocycles. The lowest BCUT2D eigenvalue weighted by atomic mass is 9.77. The molecule has 0 amide bonds. The maximum absolute atomic E-state index is 6.93. The van der Waals surface area contributed by atoms with Crippen molar-refractivity contribution in [1.82, 2.24) is 9.55 Å². The molecule has 71 heavy (non-hydrogen) atoms. The van der Waals surface area contributed by atoms with Gasteiger partial charge in [-0.3, -0.25) is 4.57 Å². The minimum absolute atomic E-state index is 0.000409. The van der Waals surface area contributed by atoms with Gasteiger partial charge in [-0.15, -0.1) is 0 Å². The molecule has 0 fully saturated rings. The quantitative estimate of drug-likeness (QED) is 0.166. The van der Waals surface area contributed by atoms with Crippen molar-refractivity contribution in [3.05, 3.63) is 167 Å². The van der Waals surface area contributed by atoms with Crippen molar-refractivity contribution in [1.29, 1.82) is 0 Å². The summed E-state index contributed by atoms with van der Waals surface area (Å²) in [6.07, 6.45) is 1.95. The number of anilines is 4. The topological polar surface area (TPSA) is 33.5 Å². The van der Waals surface area contributed by atoms with Crippen LogP contribution in [0.1, 0.15) is 158 Å². The molecule has 0 saturated carbocycles. The molecule has 0 radical (unpaired) electrons. The minimum Gasteiger partial charge on any atom is -0.457 e. The van der Waals surface area contributed by atoms with Gasteiger partial charge in [-0.2, -0.15) is 0 Å². The zero-order chi connectivity index (χ0) is 51.4. The van der Waals surface area contributed by atoms with Crippen LogP contribution >= 0.6 is 0 Å². The maximum atomic E-state index is 6.93. The lowest BCUT2D eigenvalue weighted by molar-refractivity contribution is 0.483. The molecule has 2 aromatic heterocycles. The fourth-order valence-corrected chi connectivity index (χ4v) is 10.0. The maximum Gasteiger partial charge on any atom is 0.137 e. The second kappa shape index (κ2) is 17.2. The summed E-state index contributed by atoms with van der Waals surface area (Å²) in [6, 6.07) is 47.8. The Morgan fingerprint density at radius 2 is 1.00 bits per heavy atom. The van der Waals surface area contributed by atoms with Gasteiger partial charge in [0, 0.05) is 40.5 Å². The van der Waals surface area contributed by atoms with Gasteiger partial charge in [-0.05, 0) is 150 Å². The van der Waals surface area contributed by atoms with E-state index in [2.05, 4.69) is 266 Å². The third-order valence-corrected chi connectivity index (χ3v) is 14.6. The van der Waals surface area contributed by atoms with Crippen molar-refractivity contribution in [3.63, 3.8) is 0 Å². The molecule has 0 N–H and O–H groups in total. The third-order valence-electron chi connectivity index (χ3n) is 14.6. The molecule has 1 aliphatic heterocycles. The zero-order valence-corrected chi connectivity index (χ0v) is 46.1. The van der Waals surface area contributed by atoms with Gasteiger partial charge in [0.05, 0.1) is 22.4 Å². The van der Waals surface area contributed by atoms with E-state index in [1.807, 2.05) is 6.20 Å². The van der Waals surface area contributed by atoms with Gasteiger partial charge >= 0.3 is 0 Å². The summed E-state index contributed by atoms with van der Waals surface area (Å²) in [5, 5.41) is 2.34. The highest BCUT2D eigenvalue weighted by atomic mass is 16.5. The summed E-state index contributed by atoms with van der Waals surface area (Å²) in [5.41, 5.74) is 17.3. The summed E-state index contributed by atoms with van der Waals surface area (Å²) < 4.78 is 9.25. The van der Waals surface area contributed by atoms with E-state index >= 15 is 0 Å². The summed E-state index contributed by atoms with van der Waals surface area (Å²) in [4.78, 5) is 9.98. The fraction of sp³-hybridized carbons (Fsp3) is 0.379. The van der Waals surface area contributed by atoms with Gasteiger partial charge in [-0.25, -0.2) is 4.98 Å². The monoisotopic (exact) mass is 943 g/mol. The van der Waals surface area contributed by atoms with Crippen LogP contribution in [0.3, 0.4) is 0 Å². The highest BCUT2D eigenvalue weighted by Gasteiger charge is 2.33. The molecular formula is C66H78N4O. The molecule has 0 spiro atoms. The van der Waals surface area contributed by atoms with E-state index < -0.39 is 0 Å². The summed E-state index contributed by atoms with van der Waals surface area (Å²) in [6.45, 7) is 42.1. The van der Waals surface area contributed by atoms with Crippen LogP contribution in [0.5, 0.6) is 11.5 Å². The Morgan fingerprint density at radius 3 is 1.63 bits per heavy atom. The van der Waals surface area contributed by atoms with E-state index in [0.717, 1.165) is 39.4 Å². The van der Waals surface area contributed by atoms with Crippen molar-refractivity contribution in [2.45, 2.75) is 157 Å². The molecule has 0 saturated heterocycles. The van der Waals surface area contributed by atoms with Crippen molar-refractivity contribution in [2.24, 2.45) is 0 Å². The van der Waals surface area contributed by atoms with E-state index in [4.69, 9.17) is 9.72 Å². The Hall–Kier alpha value is -6.33. The third kappa shape index (κ3) is 9.74. The lowest BCUT2D eigenvalue weighted by Crippen LogP contribution is -2.25. The van der Waals surface area contributed by atoms with Gasteiger partial charge in [0.1, 0.15) is 24.0 Å². The van der Waals surface area contributed by atoms with Crippen LogP contribution in [-0.2, 0) is 32.5 Å². The number of nitrogens with zero attached hydrogens (tertiary/aromatic N) is 4. The van der Waals surface area contributed by atoms with Crippen LogP contribution in [0, 0.1) is 0 Å². The summed E-state index contributed by atoms with van der Waals surface area (Å²) >= 11 is 0. The number of rotatable bonds is 6. The van der Waals surface area contributed by atoms with Crippen LogP contribution in [0.15, 0.2) is 134 Å². The molecule has 5 nitrogen and oxygen atoms in total. The van der Waals surface area contributed by atoms with Gasteiger partial charge in [0.2, 0.25) is 0 Å². The predicted octanol–water partition coefficient (Wildman–Crippen LogP) is 18.7. The van der Waals surface area contributed by atoms with Crippen LogP contribution in [0.25, 0.3) is 38.8 Å². The first-order chi connectivity index (χ1) is 32.9. The number of pyridine rings is 1. The van der Waals surface area contributed by atoms with Crippen molar-refractivity contribution >= 4 is 44.6 Å². The van der Waals surface area contributed by atoms with Crippen LogP contribution in [0.2, 0.25) is 0 Å². The van der Waals surface area contributed by atoms with E-state index in [1.54, 1.807) is 0 Å². The van der Waals surface area contributed by atoms with E-state index in [9.17, 15) is 0 Å². The molecule has 3 heterocycles. The normalized spacial score (nSPS) is 13.9. The Balaban J connectivity index is 1.14. The average molecular weight is 943 g/mol. The van der Waals surface area contributed by atoms with Crippen molar-refractivity contribution in [3.8, 4) is 28.4 Å². The SMILES string of the molecule is CC(C)(C)c1cc(N2CN(c3cccc(Oc4ccc5c6cc(-c7ccc(C(C)(C)C)cc7C(C)(C)C)ccc6n(-c6cc(C(C)(C)C)ccn6)c5c4)c3)c3ccc(C(C)(C)C)cc32)cc(C(C)(C)C)c1. The zero-order valence-electron chi connectivity index (χ0n) is 46.1. The smallest absolute Gasteiger partial charge is 0.137 e. The van der Waals surface area contributed by atoms with E-state index in [0.29, 0.717) is 6.67 Å². The molecule has 9 rings (SSSR count). The van der Waals surface area contributed by atoms with Crippen LogP contribution in [0.4, 0.5) is 22.7 Å². The van der Waals surface area contributed by atoms with Gasteiger partial charge < -0.3 is 14.5 Å². The first-order valence-electron chi connectivity index (χ1n) is 25.8. The standard InChI is InChI=1S/C66H78N4O/c1-61(2,3)43-23-26-52(55(36-43)66(16,17)18)42-22-28-56-54(32-42)53-27-25-51(40-58(53)70(56)60-38-45(30-31-67-60)63(7,8)9)71-50-21-19-20-48(39-50)68-41-69(59-37-44(62(4,5)6)24-29-57(59)68)49-34-46(64(10,11)12)33-47(35-49)65(13,14)15/h19-40H,41H2,1-18H3. The highest BCUT2D eigenvalue weighted by molar-refractivity contribution is 6.11. The molecular weight excluding hydrogens is 865 g/mol. The van der Waals surface area contributed by atoms with Gasteiger partial charge in [0.25, 0.3) is 0 Å². The number of aromatic nitrogens is 2. The first kappa shape index (κ1) is 49.6. The minimum atomic E-state index is -0.0426. The van der Waals surface area contributed by atoms with E-state index in [1.165, 1.54) is 67.0 Å². The Morgan fingerprint density at radius 1 is 0.408 bits per heavy atom. The second-order valence-electron chi connectivity index (χ2n) is 26.5. The molecule has 0 bridgehead atoms. The Bertz CT molecular complexity index is 3290. The molecule has 6 aromatic carbocycles. The Labute approximate surface area is 425 Å². The van der Waals surface area contributed by atoms with Gasteiger partial charge in [-0.1, -0.05) is 167 Å². The van der Waals surface area contributed by atoms with Crippen LogP contribution in [-0.4, -0.2) is 16.2 Å². The number of fused-ring (bicyclic) bond motifs is 4. The molecule has 5 heteroatoms. The highest BCUT2D eigenvalue weighted by Crippen LogP contribution is 2.49. The summed E-state index contributed by atoms with van der Waals surface area (Å²) in [5.74, 6) is 2.44. The van der Waals surface area contributed by atoms with Crippen molar-refractivity contribution in [2.75, 3.05) is 16.5 Å². The summed E-state index contributed by atoms with van der Waals surface area (Å²) in [7, 11) is 0. The second-order valence-corrected chi connectivity index (χ2v) is 26.5. The first-order valence-corrected chi connectivity index (χ1v) is 25.8. The molecule has 8 aromatic rings. The number of hydrogen-bond acceptors (Lipinski definition) is 4. The Kier molecular flexibility index (Phi) is 12.0. The average Bonchev–Trinajstić information content (AvgIpc) is 3.82. The van der Waals surface area contributed by atoms with Crippen molar-refractivity contribution < 1.29 is 4.74 Å². The number of benzene rings is 6. The van der Waals surface area contributed by atoms with E-state index in [-0.39, 0.29) is 32.5 Å². The molecule has 1 aliphatic rings. The predicted molar refractivity (Wildman–Crippen MR) is 305 cm³/mol. The largest absolute Gasteiger partial charge is 0.457 e. The molecule has 0 unspecified atom stereocenters. The van der Waals surface area contributed by atoms with Crippen LogP contribution < -0.4 is 14.5 Å². The number of hydrogen-bond donors (Lipinski definition) is 0. The molecule has 368 valence electrons. The number of ether oxygens (including phenoxy) is 1. The fourth-order valence-electron chi connectivity index (χ4n) is 10.0. The van der Waals surface area contributed by atoms with Gasteiger partial charge in [0.15, 0.2) is 0 Å².